The smallest absolute Gasteiger partial charge is 0.351 e. The predicted octanol–water partition coefficient (Wildman–Crippen LogP) is 4.04. The number of carbonyl (C=O) groups excluding carboxylic acids is 1. The van der Waals surface area contributed by atoms with Crippen molar-refractivity contribution < 1.29 is 13.9 Å². The number of hydrogen-bond acceptors (Lipinski definition) is 4. The highest BCUT2D eigenvalue weighted by Crippen LogP contribution is 2.32. The van der Waals surface area contributed by atoms with Crippen LogP contribution in [0.5, 0.6) is 0 Å². The maximum absolute atomic E-state index is 14.0. The maximum Gasteiger partial charge on any atom is 0.351 e. The number of fused-ring (bicyclic) bond motifs is 1. The first-order valence-corrected chi connectivity index (χ1v) is 6.44. The van der Waals surface area contributed by atoms with Gasteiger partial charge in [-0.05, 0) is 26.8 Å². The summed E-state index contributed by atoms with van der Waals surface area (Å²) in [6.07, 6.45) is 1.32. The van der Waals surface area contributed by atoms with Gasteiger partial charge in [0.1, 0.15) is 15.6 Å². The molecule has 0 unspecified atom stereocenters. The van der Waals surface area contributed by atoms with Crippen molar-refractivity contribution in [2.75, 3.05) is 0 Å². The van der Waals surface area contributed by atoms with Crippen LogP contribution in [-0.2, 0) is 4.74 Å². The molecule has 0 N–H and O–H groups in total. The molecule has 6 heteroatoms. The van der Waals surface area contributed by atoms with E-state index >= 15 is 0 Å². The Morgan fingerprint density at radius 3 is 2.78 bits per heavy atom. The third-order valence-electron chi connectivity index (χ3n) is 2.06. The summed E-state index contributed by atoms with van der Waals surface area (Å²) in [6.45, 7) is 5.19. The molecule has 0 saturated carbocycles. The quantitative estimate of drug-likeness (QED) is 0.587. The van der Waals surface area contributed by atoms with E-state index in [1.54, 1.807) is 20.8 Å². The molecule has 18 heavy (non-hydrogen) atoms. The van der Waals surface area contributed by atoms with E-state index in [9.17, 15) is 9.18 Å². The Labute approximate surface area is 113 Å². The van der Waals surface area contributed by atoms with E-state index in [4.69, 9.17) is 16.3 Å². The number of thiophene rings is 1. The minimum atomic E-state index is -0.669. The molecule has 0 bridgehead atoms. The van der Waals surface area contributed by atoms with Crippen LogP contribution in [-0.4, -0.2) is 16.6 Å². The highest BCUT2D eigenvalue weighted by molar-refractivity contribution is 7.20. The van der Waals surface area contributed by atoms with E-state index < -0.39 is 17.4 Å². The lowest BCUT2D eigenvalue weighted by atomic mass is 10.2. The van der Waals surface area contributed by atoms with E-state index in [1.165, 1.54) is 12.3 Å². The number of nitrogens with zero attached hydrogens (tertiary/aromatic N) is 1. The molecule has 0 spiro atoms. The van der Waals surface area contributed by atoms with Crippen LogP contribution in [0.1, 0.15) is 30.4 Å². The van der Waals surface area contributed by atoms with Crippen molar-refractivity contribution in [1.29, 1.82) is 0 Å². The summed E-state index contributed by atoms with van der Waals surface area (Å²) in [5.41, 5.74) is -0.657. The Balaban J connectivity index is 2.46. The van der Waals surface area contributed by atoms with Gasteiger partial charge in [0.05, 0.1) is 0 Å². The van der Waals surface area contributed by atoms with Gasteiger partial charge >= 0.3 is 5.97 Å². The van der Waals surface area contributed by atoms with Gasteiger partial charge in [-0.25, -0.2) is 14.2 Å². The molecule has 0 amide bonds. The Morgan fingerprint density at radius 1 is 1.50 bits per heavy atom. The summed E-state index contributed by atoms with van der Waals surface area (Å²) in [5, 5.41) is 0.546. The van der Waals surface area contributed by atoms with Gasteiger partial charge in [0, 0.05) is 16.3 Å². The second-order valence-corrected chi connectivity index (χ2v) is 6.19. The summed E-state index contributed by atoms with van der Waals surface area (Å²) in [7, 11) is 0. The summed E-state index contributed by atoms with van der Waals surface area (Å²) in [5.74, 6) is -1.27. The van der Waals surface area contributed by atoms with Gasteiger partial charge in [-0.15, -0.1) is 11.3 Å². The number of rotatable bonds is 1. The average molecular weight is 288 g/mol. The van der Waals surface area contributed by atoms with Gasteiger partial charge in [0.15, 0.2) is 5.82 Å². The Bertz CT molecular complexity index is 618. The van der Waals surface area contributed by atoms with E-state index in [2.05, 4.69) is 4.98 Å². The van der Waals surface area contributed by atoms with Crippen molar-refractivity contribution in [3.63, 3.8) is 0 Å². The third-order valence-corrected chi connectivity index (χ3v) is 3.38. The minimum absolute atomic E-state index is 0.0519. The molecule has 0 aliphatic carbocycles. The molecular weight excluding hydrogens is 277 g/mol. The zero-order valence-electron chi connectivity index (χ0n) is 10.1. The fourth-order valence-corrected chi connectivity index (χ4v) is 2.58. The van der Waals surface area contributed by atoms with Gasteiger partial charge in [-0.1, -0.05) is 11.6 Å². The molecule has 0 radical (unpaired) electrons. The van der Waals surface area contributed by atoms with E-state index in [0.717, 1.165) is 11.3 Å². The molecule has 0 aliphatic rings. The third kappa shape index (κ3) is 2.62. The van der Waals surface area contributed by atoms with Gasteiger partial charge in [-0.3, -0.25) is 0 Å². The summed E-state index contributed by atoms with van der Waals surface area (Å²) in [4.78, 5) is 15.6. The number of carbonyl (C=O) groups is 1. The zero-order valence-corrected chi connectivity index (χ0v) is 11.7. The number of halogens is 2. The van der Waals surface area contributed by atoms with Gasteiger partial charge < -0.3 is 4.74 Å². The lowest BCUT2D eigenvalue weighted by Gasteiger charge is -2.18. The lowest BCUT2D eigenvalue weighted by molar-refractivity contribution is 0.00711. The highest BCUT2D eigenvalue weighted by atomic mass is 35.5. The van der Waals surface area contributed by atoms with Gasteiger partial charge in [0.25, 0.3) is 0 Å². The Morgan fingerprint density at radius 2 is 2.17 bits per heavy atom. The van der Waals surface area contributed by atoms with E-state index in [0.29, 0.717) is 4.70 Å². The van der Waals surface area contributed by atoms with Gasteiger partial charge in [-0.2, -0.15) is 0 Å². The maximum atomic E-state index is 14.0. The molecule has 0 atom stereocenters. The molecule has 0 aromatic carbocycles. The molecule has 2 aromatic heterocycles. The lowest BCUT2D eigenvalue weighted by Crippen LogP contribution is -2.23. The standard InChI is InChI=1S/C12H11ClFNO2S/c1-12(2,3)17-11(16)10-9(14)6-5-15-8(13)4-7(6)18-10/h4-5H,1-3H3. The van der Waals surface area contributed by atoms with Crippen LogP contribution in [0.25, 0.3) is 10.1 Å². The zero-order chi connectivity index (χ0) is 13.5. The van der Waals surface area contributed by atoms with Crippen molar-refractivity contribution in [1.82, 2.24) is 4.98 Å². The molecule has 2 aromatic rings. The van der Waals surface area contributed by atoms with Gasteiger partial charge in [0.2, 0.25) is 0 Å². The van der Waals surface area contributed by atoms with Crippen LogP contribution in [0.15, 0.2) is 12.3 Å². The second kappa shape index (κ2) is 4.48. The topological polar surface area (TPSA) is 39.2 Å². The van der Waals surface area contributed by atoms with Crippen LogP contribution in [0, 0.1) is 5.82 Å². The van der Waals surface area contributed by atoms with E-state index in [-0.39, 0.29) is 15.4 Å². The van der Waals surface area contributed by atoms with Crippen LogP contribution in [0.4, 0.5) is 4.39 Å². The van der Waals surface area contributed by atoms with Crippen LogP contribution < -0.4 is 0 Å². The number of ether oxygens (including phenoxy) is 1. The van der Waals surface area contributed by atoms with Crippen molar-refractivity contribution in [2.24, 2.45) is 0 Å². The largest absolute Gasteiger partial charge is 0.456 e. The first-order valence-electron chi connectivity index (χ1n) is 5.25. The molecule has 2 rings (SSSR count). The van der Waals surface area contributed by atoms with Crippen molar-refractivity contribution in [3.05, 3.63) is 28.1 Å². The number of aromatic nitrogens is 1. The number of esters is 1. The summed E-state index contributed by atoms with van der Waals surface area (Å²) in [6, 6.07) is 1.53. The Hall–Kier alpha value is -1.20. The normalized spacial score (nSPS) is 11.8. The highest BCUT2D eigenvalue weighted by Gasteiger charge is 2.24. The van der Waals surface area contributed by atoms with Crippen molar-refractivity contribution in [3.8, 4) is 0 Å². The minimum Gasteiger partial charge on any atom is -0.456 e. The van der Waals surface area contributed by atoms with E-state index in [1.807, 2.05) is 0 Å². The first-order chi connectivity index (χ1) is 8.28. The monoisotopic (exact) mass is 287 g/mol. The molecule has 3 nitrogen and oxygen atoms in total. The molecule has 2 heterocycles. The molecule has 0 saturated heterocycles. The number of pyridine rings is 1. The van der Waals surface area contributed by atoms with Crippen LogP contribution >= 0.6 is 22.9 Å². The second-order valence-electron chi connectivity index (χ2n) is 4.75. The summed E-state index contributed by atoms with van der Waals surface area (Å²) < 4.78 is 19.7. The number of hydrogen-bond donors (Lipinski definition) is 0. The predicted molar refractivity (Wildman–Crippen MR) is 69.8 cm³/mol. The molecular formula is C12H11ClFNO2S. The average Bonchev–Trinajstić information content (AvgIpc) is 2.53. The fourth-order valence-electron chi connectivity index (χ4n) is 1.40. The SMILES string of the molecule is CC(C)(C)OC(=O)c1sc2cc(Cl)ncc2c1F. The van der Waals surface area contributed by atoms with Crippen molar-refractivity contribution in [2.45, 2.75) is 26.4 Å². The van der Waals surface area contributed by atoms with Crippen LogP contribution in [0.2, 0.25) is 5.15 Å². The fraction of sp³-hybridized carbons (Fsp3) is 0.333. The molecule has 96 valence electrons. The molecule has 0 aliphatic heterocycles. The summed E-state index contributed by atoms with van der Waals surface area (Å²) >= 11 is 6.74. The van der Waals surface area contributed by atoms with Crippen LogP contribution in [0.3, 0.4) is 0 Å². The van der Waals surface area contributed by atoms with Crippen molar-refractivity contribution >= 4 is 39.0 Å². The Kier molecular flexibility index (Phi) is 3.29. The first kappa shape index (κ1) is 13.2. The molecule has 0 fully saturated rings.